The molecule has 0 radical (unpaired) electrons. The number of nitrogens with zero attached hydrogens (tertiary/aromatic N) is 2. The minimum Gasteiger partial charge on any atom is -0.472 e. The number of benzene rings is 1. The number of piperidine rings is 1. The van der Waals surface area contributed by atoms with Crippen LogP contribution in [-0.4, -0.2) is 41.8 Å². The molecule has 0 spiro atoms. The van der Waals surface area contributed by atoms with Crippen LogP contribution >= 0.6 is 0 Å². The van der Waals surface area contributed by atoms with E-state index in [9.17, 15) is 14.0 Å². The maximum atomic E-state index is 13.1. The normalized spacial score (nSPS) is 18.4. The van der Waals surface area contributed by atoms with Crippen LogP contribution in [0.3, 0.4) is 0 Å². The Morgan fingerprint density at radius 2 is 2.00 bits per heavy atom. The van der Waals surface area contributed by atoms with Crippen molar-refractivity contribution in [3.8, 4) is 0 Å². The predicted octanol–water partition coefficient (Wildman–Crippen LogP) is 3.49. The van der Waals surface area contributed by atoms with E-state index in [1.165, 1.54) is 24.7 Å². The standard InChI is InChI=1S/C20H23FN2O3/c1-14(15-5-7-18(21)8-6-15)22(2)19(24)16-4-3-10-23(12-16)20(25)17-9-11-26-13-17/h5-9,11,13-14,16H,3-4,10,12H2,1-2H3/t14-,16-/m1/s1. The lowest BCUT2D eigenvalue weighted by atomic mass is 9.95. The smallest absolute Gasteiger partial charge is 0.257 e. The molecule has 0 unspecified atom stereocenters. The summed E-state index contributed by atoms with van der Waals surface area (Å²) in [4.78, 5) is 28.8. The Labute approximate surface area is 152 Å². The van der Waals surface area contributed by atoms with Gasteiger partial charge in [-0.25, -0.2) is 4.39 Å². The quantitative estimate of drug-likeness (QED) is 0.841. The monoisotopic (exact) mass is 358 g/mol. The van der Waals surface area contributed by atoms with Crippen LogP contribution in [0.4, 0.5) is 4.39 Å². The molecule has 0 saturated carbocycles. The highest BCUT2D eigenvalue weighted by molar-refractivity contribution is 5.94. The molecule has 5 nitrogen and oxygen atoms in total. The van der Waals surface area contributed by atoms with Gasteiger partial charge in [0.1, 0.15) is 12.1 Å². The van der Waals surface area contributed by atoms with Crippen molar-refractivity contribution in [2.24, 2.45) is 5.92 Å². The Bertz CT molecular complexity index is 758. The second-order valence-corrected chi connectivity index (χ2v) is 6.78. The van der Waals surface area contributed by atoms with Gasteiger partial charge in [-0.15, -0.1) is 0 Å². The largest absolute Gasteiger partial charge is 0.472 e. The Hall–Kier alpha value is -2.63. The Kier molecular flexibility index (Phi) is 5.40. The topological polar surface area (TPSA) is 53.8 Å². The van der Waals surface area contributed by atoms with Crippen molar-refractivity contribution in [1.29, 1.82) is 0 Å². The molecule has 26 heavy (non-hydrogen) atoms. The SMILES string of the molecule is C[C@H](c1ccc(F)cc1)N(C)C(=O)[C@@H]1CCCN(C(=O)c2ccoc2)C1. The molecular weight excluding hydrogens is 335 g/mol. The van der Waals surface area contributed by atoms with Crippen LogP contribution in [0.25, 0.3) is 0 Å². The summed E-state index contributed by atoms with van der Waals surface area (Å²) in [6, 6.07) is 7.66. The molecule has 0 N–H and O–H groups in total. The molecule has 6 heteroatoms. The molecular formula is C20H23FN2O3. The lowest BCUT2D eigenvalue weighted by molar-refractivity contribution is -0.137. The third-order valence-corrected chi connectivity index (χ3v) is 5.11. The van der Waals surface area contributed by atoms with Gasteiger partial charge in [-0.2, -0.15) is 0 Å². The van der Waals surface area contributed by atoms with Crippen molar-refractivity contribution in [3.63, 3.8) is 0 Å². The summed E-state index contributed by atoms with van der Waals surface area (Å²) in [5, 5.41) is 0. The summed E-state index contributed by atoms with van der Waals surface area (Å²) < 4.78 is 18.1. The van der Waals surface area contributed by atoms with Gasteiger partial charge in [0.15, 0.2) is 0 Å². The second kappa shape index (κ2) is 7.72. The van der Waals surface area contributed by atoms with Crippen molar-refractivity contribution in [2.75, 3.05) is 20.1 Å². The fourth-order valence-electron chi connectivity index (χ4n) is 3.38. The molecule has 3 rings (SSSR count). The first kappa shape index (κ1) is 18.2. The number of halogens is 1. The minimum absolute atomic E-state index is 0.00604. The molecule has 1 aliphatic rings. The van der Waals surface area contributed by atoms with Gasteiger partial charge in [0.25, 0.3) is 5.91 Å². The first-order valence-electron chi connectivity index (χ1n) is 8.81. The Balaban J connectivity index is 1.66. The molecule has 1 fully saturated rings. The maximum Gasteiger partial charge on any atom is 0.257 e. The molecule has 2 amide bonds. The van der Waals surface area contributed by atoms with E-state index in [-0.39, 0.29) is 29.6 Å². The highest BCUT2D eigenvalue weighted by Gasteiger charge is 2.32. The summed E-state index contributed by atoms with van der Waals surface area (Å²) in [5.41, 5.74) is 1.38. The maximum absolute atomic E-state index is 13.1. The molecule has 138 valence electrons. The first-order chi connectivity index (χ1) is 12.5. The Morgan fingerprint density at radius 3 is 2.65 bits per heavy atom. The van der Waals surface area contributed by atoms with E-state index >= 15 is 0 Å². The third kappa shape index (κ3) is 3.79. The number of hydrogen-bond acceptors (Lipinski definition) is 3. The van der Waals surface area contributed by atoms with Gasteiger partial charge >= 0.3 is 0 Å². The van der Waals surface area contributed by atoms with Crippen LogP contribution in [0, 0.1) is 11.7 Å². The molecule has 2 aromatic rings. The van der Waals surface area contributed by atoms with Gasteiger partial charge in [-0.3, -0.25) is 9.59 Å². The molecule has 1 saturated heterocycles. The van der Waals surface area contributed by atoms with Crippen molar-refractivity contribution in [2.45, 2.75) is 25.8 Å². The zero-order valence-corrected chi connectivity index (χ0v) is 15.0. The average Bonchev–Trinajstić information content (AvgIpc) is 3.21. The molecule has 2 atom stereocenters. The van der Waals surface area contributed by atoms with Gasteiger partial charge < -0.3 is 14.2 Å². The van der Waals surface area contributed by atoms with Crippen LogP contribution in [0.2, 0.25) is 0 Å². The summed E-state index contributed by atoms with van der Waals surface area (Å²) in [6.45, 7) is 2.97. The second-order valence-electron chi connectivity index (χ2n) is 6.78. The van der Waals surface area contributed by atoms with Gasteiger partial charge in [0, 0.05) is 20.1 Å². The highest BCUT2D eigenvalue weighted by atomic mass is 19.1. The van der Waals surface area contributed by atoms with E-state index in [0.29, 0.717) is 18.7 Å². The lowest BCUT2D eigenvalue weighted by Gasteiger charge is -2.35. The number of carbonyl (C=O) groups excluding carboxylic acids is 2. The van der Waals surface area contributed by atoms with Crippen molar-refractivity contribution >= 4 is 11.8 Å². The number of hydrogen-bond donors (Lipinski definition) is 0. The zero-order chi connectivity index (χ0) is 18.7. The average molecular weight is 358 g/mol. The summed E-state index contributed by atoms with van der Waals surface area (Å²) >= 11 is 0. The van der Waals surface area contributed by atoms with Crippen LogP contribution in [0.5, 0.6) is 0 Å². The number of furan rings is 1. The molecule has 0 bridgehead atoms. The number of rotatable bonds is 4. The number of likely N-dealkylation sites (tertiary alicyclic amines) is 1. The summed E-state index contributed by atoms with van der Waals surface area (Å²) in [5.74, 6) is -0.625. The van der Waals surface area contributed by atoms with E-state index < -0.39 is 0 Å². The molecule has 1 aromatic carbocycles. The van der Waals surface area contributed by atoms with Gasteiger partial charge in [-0.1, -0.05) is 12.1 Å². The van der Waals surface area contributed by atoms with Crippen LogP contribution in [-0.2, 0) is 4.79 Å². The van der Waals surface area contributed by atoms with Gasteiger partial charge in [-0.05, 0) is 43.5 Å². The van der Waals surface area contributed by atoms with Crippen molar-refractivity contribution < 1.29 is 18.4 Å². The number of amides is 2. The Morgan fingerprint density at radius 1 is 1.27 bits per heavy atom. The summed E-state index contributed by atoms with van der Waals surface area (Å²) in [7, 11) is 1.76. The minimum atomic E-state index is -0.296. The number of carbonyl (C=O) groups is 2. The predicted molar refractivity (Wildman–Crippen MR) is 94.9 cm³/mol. The van der Waals surface area contributed by atoms with Crippen molar-refractivity contribution in [1.82, 2.24) is 9.80 Å². The molecule has 0 aliphatic carbocycles. The third-order valence-electron chi connectivity index (χ3n) is 5.11. The van der Waals surface area contributed by atoms with Crippen LogP contribution < -0.4 is 0 Å². The zero-order valence-electron chi connectivity index (χ0n) is 15.0. The van der Waals surface area contributed by atoms with E-state index in [2.05, 4.69) is 0 Å². The van der Waals surface area contributed by atoms with E-state index in [4.69, 9.17) is 4.42 Å². The van der Waals surface area contributed by atoms with Gasteiger partial charge in [0.05, 0.1) is 23.8 Å². The summed E-state index contributed by atoms with van der Waals surface area (Å²) in [6.07, 6.45) is 4.45. The highest BCUT2D eigenvalue weighted by Crippen LogP contribution is 2.25. The van der Waals surface area contributed by atoms with Gasteiger partial charge in [0.2, 0.25) is 5.91 Å². The van der Waals surface area contributed by atoms with Crippen molar-refractivity contribution in [3.05, 3.63) is 59.8 Å². The fourth-order valence-corrected chi connectivity index (χ4v) is 3.38. The molecule has 1 aliphatic heterocycles. The fraction of sp³-hybridized carbons (Fsp3) is 0.400. The molecule has 1 aromatic heterocycles. The lowest BCUT2D eigenvalue weighted by Crippen LogP contribution is -2.46. The van der Waals surface area contributed by atoms with Crippen LogP contribution in [0.1, 0.15) is 41.7 Å². The molecule has 2 heterocycles. The van der Waals surface area contributed by atoms with E-state index in [0.717, 1.165) is 18.4 Å². The first-order valence-corrected chi connectivity index (χ1v) is 8.81. The van der Waals surface area contributed by atoms with E-state index in [1.807, 2.05) is 6.92 Å². The van der Waals surface area contributed by atoms with Crippen LogP contribution in [0.15, 0.2) is 47.3 Å². The van der Waals surface area contributed by atoms with E-state index in [1.54, 1.807) is 35.0 Å².